The monoisotopic (exact) mass is 165 g/mol. The van der Waals surface area contributed by atoms with Gasteiger partial charge in [0.1, 0.15) is 0 Å². The maximum absolute atomic E-state index is 5.59. The first kappa shape index (κ1) is 7.80. The van der Waals surface area contributed by atoms with Crippen molar-refractivity contribution in [3.8, 4) is 0 Å². The van der Waals surface area contributed by atoms with Crippen LogP contribution in [0.3, 0.4) is 0 Å². The molecule has 12 heavy (non-hydrogen) atoms. The van der Waals surface area contributed by atoms with E-state index in [0.717, 1.165) is 24.6 Å². The zero-order valence-electron chi connectivity index (χ0n) is 7.45. The number of fused-ring (bicyclic) bond motifs is 1. The number of imidazole rings is 1. The first-order valence-corrected chi connectivity index (χ1v) is 4.54. The van der Waals surface area contributed by atoms with Crippen molar-refractivity contribution in [2.75, 3.05) is 0 Å². The summed E-state index contributed by atoms with van der Waals surface area (Å²) in [5.74, 6) is 0.791. The van der Waals surface area contributed by atoms with Crippen LogP contribution < -0.4 is 5.73 Å². The van der Waals surface area contributed by atoms with Crippen LogP contribution in [0.5, 0.6) is 0 Å². The molecule has 0 aliphatic carbocycles. The van der Waals surface area contributed by atoms with Crippen LogP contribution in [0.2, 0.25) is 0 Å². The molecule has 0 saturated carbocycles. The van der Waals surface area contributed by atoms with E-state index in [0.29, 0.717) is 6.54 Å². The molecule has 0 amide bonds. The molecule has 0 aromatic carbocycles. The lowest BCUT2D eigenvalue weighted by atomic mass is 9.97. The normalized spacial score (nSPS) is 22.3. The lowest BCUT2D eigenvalue weighted by Crippen LogP contribution is -2.17. The van der Waals surface area contributed by atoms with Gasteiger partial charge in [0, 0.05) is 18.8 Å². The van der Waals surface area contributed by atoms with Gasteiger partial charge in [-0.1, -0.05) is 6.92 Å². The van der Waals surface area contributed by atoms with Gasteiger partial charge < -0.3 is 10.3 Å². The highest BCUT2D eigenvalue weighted by Crippen LogP contribution is 2.21. The molecule has 1 aromatic heterocycles. The van der Waals surface area contributed by atoms with E-state index in [4.69, 9.17) is 5.73 Å². The molecule has 0 fully saturated rings. The second kappa shape index (κ2) is 2.90. The third-order valence-corrected chi connectivity index (χ3v) is 2.63. The van der Waals surface area contributed by atoms with Crippen molar-refractivity contribution >= 4 is 0 Å². The minimum atomic E-state index is 0.578. The SMILES string of the molecule is CC1CCn2cnc(CN)c2C1. The van der Waals surface area contributed by atoms with Crippen molar-refractivity contribution in [2.45, 2.75) is 32.9 Å². The van der Waals surface area contributed by atoms with Crippen LogP contribution in [-0.4, -0.2) is 9.55 Å². The quantitative estimate of drug-likeness (QED) is 0.672. The smallest absolute Gasteiger partial charge is 0.0952 e. The van der Waals surface area contributed by atoms with Gasteiger partial charge in [-0.05, 0) is 18.8 Å². The summed E-state index contributed by atoms with van der Waals surface area (Å²) >= 11 is 0. The molecule has 66 valence electrons. The van der Waals surface area contributed by atoms with Crippen molar-refractivity contribution < 1.29 is 0 Å². The summed E-state index contributed by atoms with van der Waals surface area (Å²) in [6.07, 6.45) is 4.34. The van der Waals surface area contributed by atoms with Crippen molar-refractivity contribution in [2.24, 2.45) is 11.7 Å². The fourth-order valence-electron chi connectivity index (χ4n) is 1.84. The van der Waals surface area contributed by atoms with Gasteiger partial charge in [-0.15, -0.1) is 0 Å². The predicted molar refractivity (Wildman–Crippen MR) is 47.6 cm³/mol. The van der Waals surface area contributed by atoms with Crippen LogP contribution in [0.25, 0.3) is 0 Å². The molecule has 2 N–H and O–H groups in total. The van der Waals surface area contributed by atoms with Crippen molar-refractivity contribution in [1.29, 1.82) is 0 Å². The van der Waals surface area contributed by atoms with E-state index in [-0.39, 0.29) is 0 Å². The maximum atomic E-state index is 5.59. The Morgan fingerprint density at radius 3 is 3.33 bits per heavy atom. The summed E-state index contributed by atoms with van der Waals surface area (Å²) < 4.78 is 2.24. The highest BCUT2D eigenvalue weighted by atomic mass is 15.1. The van der Waals surface area contributed by atoms with Gasteiger partial charge in [0.25, 0.3) is 0 Å². The third kappa shape index (κ3) is 1.14. The van der Waals surface area contributed by atoms with E-state index >= 15 is 0 Å². The summed E-state index contributed by atoms with van der Waals surface area (Å²) in [6.45, 7) is 3.98. The van der Waals surface area contributed by atoms with Gasteiger partial charge in [0.05, 0.1) is 12.0 Å². The fourth-order valence-corrected chi connectivity index (χ4v) is 1.84. The summed E-state index contributed by atoms with van der Waals surface area (Å²) in [7, 11) is 0. The first-order valence-electron chi connectivity index (χ1n) is 4.54. The topological polar surface area (TPSA) is 43.8 Å². The van der Waals surface area contributed by atoms with Crippen LogP contribution >= 0.6 is 0 Å². The number of aryl methyl sites for hydroxylation is 1. The van der Waals surface area contributed by atoms with Crippen LogP contribution in [0.1, 0.15) is 24.7 Å². The Kier molecular flexibility index (Phi) is 1.89. The molecule has 1 aliphatic rings. The maximum Gasteiger partial charge on any atom is 0.0952 e. The predicted octanol–water partition coefficient (Wildman–Crippen LogP) is 0.924. The van der Waals surface area contributed by atoms with Gasteiger partial charge in [0.2, 0.25) is 0 Å². The van der Waals surface area contributed by atoms with Crippen molar-refractivity contribution in [3.05, 3.63) is 17.7 Å². The molecule has 1 aliphatic heterocycles. The molecule has 3 heteroatoms. The van der Waals surface area contributed by atoms with Gasteiger partial charge in [-0.25, -0.2) is 4.98 Å². The highest BCUT2D eigenvalue weighted by Gasteiger charge is 2.17. The Hall–Kier alpha value is -0.830. The molecule has 1 aromatic rings. The molecule has 0 saturated heterocycles. The van der Waals surface area contributed by atoms with E-state index in [2.05, 4.69) is 16.5 Å². The average Bonchev–Trinajstić information content (AvgIpc) is 2.46. The highest BCUT2D eigenvalue weighted by molar-refractivity contribution is 5.15. The summed E-state index contributed by atoms with van der Waals surface area (Å²) in [4.78, 5) is 4.29. The zero-order chi connectivity index (χ0) is 8.55. The largest absolute Gasteiger partial charge is 0.334 e. The standard InChI is InChI=1S/C9H15N3/c1-7-2-3-12-6-11-8(5-10)9(12)4-7/h6-7H,2-5,10H2,1H3. The fraction of sp³-hybridized carbons (Fsp3) is 0.667. The third-order valence-electron chi connectivity index (χ3n) is 2.63. The number of rotatable bonds is 1. The summed E-state index contributed by atoms with van der Waals surface area (Å²) in [6, 6.07) is 0. The van der Waals surface area contributed by atoms with E-state index in [1.165, 1.54) is 12.1 Å². The molecular weight excluding hydrogens is 150 g/mol. The number of nitrogens with zero attached hydrogens (tertiary/aromatic N) is 2. The summed E-state index contributed by atoms with van der Waals surface area (Å²) in [5, 5.41) is 0. The minimum absolute atomic E-state index is 0.578. The molecule has 0 bridgehead atoms. The Labute approximate surface area is 72.6 Å². The second-order valence-electron chi connectivity index (χ2n) is 3.63. The van der Waals surface area contributed by atoms with Gasteiger partial charge >= 0.3 is 0 Å². The number of aromatic nitrogens is 2. The zero-order valence-corrected chi connectivity index (χ0v) is 7.45. The number of hydrogen-bond acceptors (Lipinski definition) is 2. The molecule has 1 atom stereocenters. The molecule has 2 heterocycles. The molecular formula is C9H15N3. The molecule has 0 spiro atoms. The lowest BCUT2D eigenvalue weighted by Gasteiger charge is -2.20. The molecule has 3 nitrogen and oxygen atoms in total. The Bertz CT molecular complexity index is 264. The molecule has 0 radical (unpaired) electrons. The van der Waals surface area contributed by atoms with E-state index in [9.17, 15) is 0 Å². The Morgan fingerprint density at radius 1 is 1.75 bits per heavy atom. The van der Waals surface area contributed by atoms with Crippen molar-refractivity contribution in [3.63, 3.8) is 0 Å². The Balaban J connectivity index is 2.34. The number of nitrogens with two attached hydrogens (primary N) is 1. The van der Waals surface area contributed by atoms with Crippen LogP contribution in [0.4, 0.5) is 0 Å². The first-order chi connectivity index (χ1) is 5.81. The van der Waals surface area contributed by atoms with E-state index in [1.54, 1.807) is 0 Å². The second-order valence-corrected chi connectivity index (χ2v) is 3.63. The van der Waals surface area contributed by atoms with E-state index < -0.39 is 0 Å². The lowest BCUT2D eigenvalue weighted by molar-refractivity contribution is 0.415. The minimum Gasteiger partial charge on any atom is -0.334 e. The Morgan fingerprint density at radius 2 is 2.58 bits per heavy atom. The van der Waals surface area contributed by atoms with Crippen LogP contribution in [-0.2, 0) is 19.5 Å². The van der Waals surface area contributed by atoms with Crippen LogP contribution in [0.15, 0.2) is 6.33 Å². The number of hydrogen-bond donors (Lipinski definition) is 1. The average molecular weight is 165 g/mol. The van der Waals surface area contributed by atoms with Gasteiger partial charge in [0.15, 0.2) is 0 Å². The molecule has 2 rings (SSSR count). The van der Waals surface area contributed by atoms with E-state index in [1.807, 2.05) is 6.33 Å². The van der Waals surface area contributed by atoms with Crippen LogP contribution in [0, 0.1) is 5.92 Å². The van der Waals surface area contributed by atoms with Crippen molar-refractivity contribution in [1.82, 2.24) is 9.55 Å². The summed E-state index contributed by atoms with van der Waals surface area (Å²) in [5.41, 5.74) is 8.03. The van der Waals surface area contributed by atoms with Gasteiger partial charge in [-0.3, -0.25) is 0 Å². The molecule has 1 unspecified atom stereocenters. The van der Waals surface area contributed by atoms with Gasteiger partial charge in [-0.2, -0.15) is 0 Å².